The molecule has 0 aliphatic heterocycles. The lowest BCUT2D eigenvalue weighted by Crippen LogP contribution is -1.96. The molecule has 2 aromatic rings. The minimum absolute atomic E-state index is 0.632. The highest BCUT2D eigenvalue weighted by molar-refractivity contribution is 6.31. The van der Waals surface area contributed by atoms with Crippen LogP contribution in [0.25, 0.3) is 0 Å². The van der Waals surface area contributed by atoms with Crippen molar-refractivity contribution < 1.29 is 9.47 Å². The van der Waals surface area contributed by atoms with Crippen LogP contribution in [0, 0.1) is 0 Å². The lowest BCUT2D eigenvalue weighted by atomic mass is 10.1. The van der Waals surface area contributed by atoms with Gasteiger partial charge in [0.1, 0.15) is 0 Å². The van der Waals surface area contributed by atoms with E-state index in [9.17, 15) is 0 Å². The number of rotatable bonds is 5. The van der Waals surface area contributed by atoms with E-state index in [1.807, 2.05) is 6.07 Å². The Morgan fingerprint density at radius 2 is 1.89 bits per heavy atom. The van der Waals surface area contributed by atoms with Gasteiger partial charge in [0.15, 0.2) is 11.5 Å². The average molecular weight is 268 g/mol. The van der Waals surface area contributed by atoms with Crippen LogP contribution in [0.15, 0.2) is 18.3 Å². The molecule has 18 heavy (non-hydrogen) atoms. The van der Waals surface area contributed by atoms with Crippen molar-refractivity contribution >= 4 is 11.6 Å². The molecule has 0 bridgehead atoms. The number of benzene rings is 1. The van der Waals surface area contributed by atoms with Gasteiger partial charge in [0, 0.05) is 11.1 Å². The van der Waals surface area contributed by atoms with E-state index in [2.05, 4.69) is 15.4 Å². The van der Waals surface area contributed by atoms with Gasteiger partial charge in [-0.05, 0) is 24.5 Å². The fourth-order valence-corrected chi connectivity index (χ4v) is 1.94. The molecule has 6 heteroatoms. The predicted molar refractivity (Wildman–Crippen MR) is 68.3 cm³/mol. The number of H-pyrrole nitrogens is 1. The molecule has 0 amide bonds. The molecule has 0 radical (unpaired) electrons. The molecule has 0 unspecified atom stereocenters. The number of aryl methyl sites for hydroxylation is 2. The molecular weight excluding hydrogens is 254 g/mol. The number of halogens is 1. The number of ether oxygens (including phenoxy) is 2. The molecule has 96 valence electrons. The van der Waals surface area contributed by atoms with Gasteiger partial charge in [-0.25, -0.2) is 0 Å². The highest BCUT2D eigenvalue weighted by Gasteiger charge is 2.10. The second-order valence-electron chi connectivity index (χ2n) is 3.76. The Balaban J connectivity index is 2.17. The van der Waals surface area contributed by atoms with Crippen LogP contribution in [-0.4, -0.2) is 29.6 Å². The van der Waals surface area contributed by atoms with Gasteiger partial charge in [-0.2, -0.15) is 15.4 Å². The van der Waals surface area contributed by atoms with Crippen molar-refractivity contribution in [1.29, 1.82) is 0 Å². The van der Waals surface area contributed by atoms with Crippen LogP contribution in [0.1, 0.15) is 11.3 Å². The zero-order valence-electron chi connectivity index (χ0n) is 10.2. The molecule has 5 nitrogen and oxygen atoms in total. The van der Waals surface area contributed by atoms with Crippen molar-refractivity contribution in [2.24, 2.45) is 0 Å². The molecule has 0 saturated heterocycles. The quantitative estimate of drug-likeness (QED) is 0.903. The molecule has 0 saturated carbocycles. The Hall–Kier alpha value is -1.75. The van der Waals surface area contributed by atoms with E-state index in [0.29, 0.717) is 16.5 Å². The first-order valence-electron chi connectivity index (χ1n) is 5.49. The summed E-state index contributed by atoms with van der Waals surface area (Å²) in [6, 6.07) is 3.65. The van der Waals surface area contributed by atoms with Gasteiger partial charge < -0.3 is 9.47 Å². The Kier molecular flexibility index (Phi) is 4.04. The second kappa shape index (κ2) is 5.73. The molecule has 1 aromatic carbocycles. The number of nitrogens with one attached hydrogen (secondary N) is 1. The zero-order chi connectivity index (χ0) is 13.0. The Morgan fingerprint density at radius 1 is 1.17 bits per heavy atom. The van der Waals surface area contributed by atoms with Gasteiger partial charge in [0.05, 0.1) is 26.1 Å². The monoisotopic (exact) mass is 267 g/mol. The van der Waals surface area contributed by atoms with Crippen LogP contribution >= 0.6 is 11.6 Å². The van der Waals surface area contributed by atoms with E-state index in [-0.39, 0.29) is 0 Å². The predicted octanol–water partition coefficient (Wildman–Crippen LogP) is 2.26. The van der Waals surface area contributed by atoms with Gasteiger partial charge in [-0.15, -0.1) is 0 Å². The van der Waals surface area contributed by atoms with Crippen molar-refractivity contribution in [3.63, 3.8) is 0 Å². The second-order valence-corrected chi connectivity index (χ2v) is 4.17. The summed E-state index contributed by atoms with van der Waals surface area (Å²) in [6.07, 6.45) is 3.24. The highest BCUT2D eigenvalue weighted by atomic mass is 35.5. The van der Waals surface area contributed by atoms with Gasteiger partial charge in [-0.3, -0.25) is 0 Å². The van der Waals surface area contributed by atoms with Crippen LogP contribution in [0.4, 0.5) is 0 Å². The summed E-state index contributed by atoms with van der Waals surface area (Å²) in [5, 5.41) is 11.0. The fraction of sp³-hybridized carbons (Fsp3) is 0.333. The highest BCUT2D eigenvalue weighted by Crippen LogP contribution is 2.33. The summed E-state index contributed by atoms with van der Waals surface area (Å²) in [4.78, 5) is 0. The number of nitrogens with zero attached hydrogens (tertiary/aromatic N) is 2. The summed E-state index contributed by atoms with van der Waals surface area (Å²) >= 11 is 6.20. The minimum Gasteiger partial charge on any atom is -0.493 e. The Labute approximate surface area is 110 Å². The average Bonchev–Trinajstić information content (AvgIpc) is 2.90. The minimum atomic E-state index is 0.632. The molecule has 2 rings (SSSR count). The Bertz CT molecular complexity index is 514. The summed E-state index contributed by atoms with van der Waals surface area (Å²) in [5.74, 6) is 1.31. The van der Waals surface area contributed by atoms with Crippen LogP contribution < -0.4 is 9.47 Å². The summed E-state index contributed by atoms with van der Waals surface area (Å²) < 4.78 is 10.4. The Morgan fingerprint density at radius 3 is 2.50 bits per heavy atom. The first-order chi connectivity index (χ1) is 8.74. The van der Waals surface area contributed by atoms with E-state index in [1.165, 1.54) is 0 Å². The van der Waals surface area contributed by atoms with Crippen LogP contribution in [0.5, 0.6) is 11.5 Å². The molecule has 0 spiro atoms. The SMILES string of the molecule is COc1cc(Cl)c(CCc2cn[nH]n2)cc1OC. The van der Waals surface area contributed by atoms with Crippen LogP contribution in [0.2, 0.25) is 5.02 Å². The van der Waals surface area contributed by atoms with Crippen molar-refractivity contribution in [2.75, 3.05) is 14.2 Å². The maximum atomic E-state index is 6.20. The number of methoxy groups -OCH3 is 2. The van der Waals surface area contributed by atoms with Gasteiger partial charge in [-0.1, -0.05) is 11.6 Å². The lowest BCUT2D eigenvalue weighted by Gasteiger charge is -2.11. The number of aromatic nitrogens is 3. The van der Waals surface area contributed by atoms with Crippen LogP contribution in [-0.2, 0) is 12.8 Å². The van der Waals surface area contributed by atoms with Gasteiger partial charge in [0.25, 0.3) is 0 Å². The van der Waals surface area contributed by atoms with E-state index >= 15 is 0 Å². The van der Waals surface area contributed by atoms with Crippen molar-refractivity contribution in [3.05, 3.63) is 34.6 Å². The molecule has 0 fully saturated rings. The number of hydrogen-bond donors (Lipinski definition) is 1. The molecule has 0 atom stereocenters. The van der Waals surface area contributed by atoms with Crippen molar-refractivity contribution in [2.45, 2.75) is 12.8 Å². The molecule has 0 aliphatic rings. The van der Waals surface area contributed by atoms with E-state index < -0.39 is 0 Å². The fourth-order valence-electron chi connectivity index (χ4n) is 1.70. The smallest absolute Gasteiger partial charge is 0.162 e. The topological polar surface area (TPSA) is 60.0 Å². The maximum Gasteiger partial charge on any atom is 0.162 e. The molecule has 0 aliphatic carbocycles. The standard InChI is InChI=1S/C12H14ClN3O2/c1-17-11-5-8(10(13)6-12(11)18-2)3-4-9-7-14-16-15-9/h5-7H,3-4H2,1-2H3,(H,14,15,16). The third-order valence-corrected chi connectivity index (χ3v) is 3.02. The zero-order valence-corrected chi connectivity index (χ0v) is 11.0. The molecule has 1 aromatic heterocycles. The summed E-state index contributed by atoms with van der Waals surface area (Å²) in [5.41, 5.74) is 1.90. The molecule has 1 heterocycles. The van der Waals surface area contributed by atoms with Crippen molar-refractivity contribution in [1.82, 2.24) is 15.4 Å². The van der Waals surface area contributed by atoms with E-state index in [4.69, 9.17) is 21.1 Å². The largest absolute Gasteiger partial charge is 0.493 e. The van der Waals surface area contributed by atoms with E-state index in [0.717, 1.165) is 24.1 Å². The third-order valence-electron chi connectivity index (χ3n) is 2.67. The maximum absolute atomic E-state index is 6.20. The van der Waals surface area contributed by atoms with E-state index in [1.54, 1.807) is 26.5 Å². The van der Waals surface area contributed by atoms with Gasteiger partial charge >= 0.3 is 0 Å². The molecular formula is C12H14ClN3O2. The molecule has 1 N–H and O–H groups in total. The summed E-state index contributed by atoms with van der Waals surface area (Å²) in [6.45, 7) is 0. The summed E-state index contributed by atoms with van der Waals surface area (Å²) in [7, 11) is 3.19. The van der Waals surface area contributed by atoms with Gasteiger partial charge in [0.2, 0.25) is 0 Å². The number of aromatic amines is 1. The normalized spacial score (nSPS) is 10.4. The third kappa shape index (κ3) is 2.73. The van der Waals surface area contributed by atoms with Crippen molar-refractivity contribution in [3.8, 4) is 11.5 Å². The first-order valence-corrected chi connectivity index (χ1v) is 5.87. The lowest BCUT2D eigenvalue weighted by molar-refractivity contribution is 0.354. The van der Waals surface area contributed by atoms with Crippen LogP contribution in [0.3, 0.4) is 0 Å². The number of hydrogen-bond acceptors (Lipinski definition) is 4. The first kappa shape index (κ1) is 12.7.